The average Bonchev–Trinajstić information content (AvgIpc) is 3.45. The van der Waals surface area contributed by atoms with Crippen molar-refractivity contribution in [2.24, 2.45) is 0 Å². The van der Waals surface area contributed by atoms with Crippen LogP contribution in [-0.4, -0.2) is 52.2 Å². The van der Waals surface area contributed by atoms with Gasteiger partial charge in [0.15, 0.2) is 0 Å². The third kappa shape index (κ3) is 6.46. The Labute approximate surface area is 266 Å². The number of hydrogen-bond acceptors (Lipinski definition) is 9. The topological polar surface area (TPSA) is 159 Å². The Balaban J connectivity index is 1.19. The standard InChI is InChI=1S/C33H29N5O7S/c1-45-24-13-7-19(8-14-24)17-37-18-26-25(27(33(43)44)30(46-26)36-38-31(41)32(38)42)15-23(37)16-34-28(39)21-9-11-22(12-10-21)35-29(40)20-5-3-2-4-6-20/h2-14,23,36H,15-18H2,1H3,(H,34,39)(H,35,40)(H,43,44). The van der Waals surface area contributed by atoms with E-state index in [0.717, 1.165) is 20.9 Å². The number of nitrogens with zero attached hydrogens (tertiary/aromatic N) is 2. The maximum Gasteiger partial charge on any atom is 0.340 e. The smallest absolute Gasteiger partial charge is 0.340 e. The maximum atomic E-state index is 13.2. The van der Waals surface area contributed by atoms with Crippen molar-refractivity contribution in [3.05, 3.63) is 132 Å². The highest BCUT2D eigenvalue weighted by Gasteiger charge is 2.34. The number of anilines is 2. The number of carboxylic acid groups (broad SMARTS) is 1. The second-order valence-corrected chi connectivity index (χ2v) is 11.9. The van der Waals surface area contributed by atoms with Crippen molar-refractivity contribution in [3.8, 4) is 5.75 Å². The Bertz CT molecular complexity index is 1950. The lowest BCUT2D eigenvalue weighted by Crippen LogP contribution is -2.47. The molecule has 234 valence electrons. The molecule has 0 saturated heterocycles. The Kier molecular flexibility index (Phi) is 8.51. The number of ether oxygens (including phenoxy) is 1. The van der Waals surface area contributed by atoms with E-state index in [1.165, 1.54) is 11.3 Å². The first kappa shape index (κ1) is 30.5. The number of hydrogen-bond donors (Lipinski definition) is 4. The lowest BCUT2D eigenvalue weighted by Gasteiger charge is -2.36. The van der Waals surface area contributed by atoms with E-state index in [0.29, 0.717) is 41.9 Å². The van der Waals surface area contributed by atoms with Gasteiger partial charge >= 0.3 is 17.1 Å². The molecule has 1 unspecified atom stereocenters. The van der Waals surface area contributed by atoms with Crippen LogP contribution in [0.25, 0.3) is 0 Å². The molecule has 0 aliphatic carbocycles. The van der Waals surface area contributed by atoms with Gasteiger partial charge < -0.3 is 20.5 Å². The number of methoxy groups -OCH3 is 1. The van der Waals surface area contributed by atoms with E-state index in [4.69, 9.17) is 4.74 Å². The van der Waals surface area contributed by atoms with Crippen LogP contribution >= 0.6 is 11.3 Å². The molecule has 0 saturated carbocycles. The second kappa shape index (κ2) is 12.8. The molecule has 4 N–H and O–H groups in total. The average molecular weight is 640 g/mol. The summed E-state index contributed by atoms with van der Waals surface area (Å²) in [4.78, 5) is 64.1. The predicted octanol–water partition coefficient (Wildman–Crippen LogP) is 3.34. The van der Waals surface area contributed by atoms with E-state index in [1.54, 1.807) is 55.6 Å². The minimum atomic E-state index is -1.17. The quantitative estimate of drug-likeness (QED) is 0.159. The fourth-order valence-corrected chi connectivity index (χ4v) is 6.57. The number of carboxylic acids is 1. The molecule has 5 aromatic rings. The number of carbonyl (C=O) groups is 3. The van der Waals surface area contributed by atoms with E-state index in [1.807, 2.05) is 30.3 Å². The molecule has 2 aromatic heterocycles. The summed E-state index contributed by atoms with van der Waals surface area (Å²) in [6.45, 7) is 1.14. The molecule has 12 nitrogen and oxygen atoms in total. The van der Waals surface area contributed by atoms with Crippen molar-refractivity contribution in [2.75, 3.05) is 24.4 Å². The summed E-state index contributed by atoms with van der Waals surface area (Å²) >= 11 is 1.19. The highest BCUT2D eigenvalue weighted by atomic mass is 32.1. The van der Waals surface area contributed by atoms with Crippen molar-refractivity contribution in [1.82, 2.24) is 14.9 Å². The van der Waals surface area contributed by atoms with Gasteiger partial charge in [-0.1, -0.05) is 30.3 Å². The van der Waals surface area contributed by atoms with Crippen LogP contribution in [0, 0.1) is 0 Å². The molecule has 0 fully saturated rings. The van der Waals surface area contributed by atoms with Gasteiger partial charge in [0.2, 0.25) is 0 Å². The Hall–Kier alpha value is -5.53. The van der Waals surface area contributed by atoms with Crippen molar-refractivity contribution in [1.29, 1.82) is 0 Å². The minimum absolute atomic E-state index is 0.0149. The fourth-order valence-electron chi connectivity index (χ4n) is 5.34. The summed E-state index contributed by atoms with van der Waals surface area (Å²) in [7, 11) is 1.59. The van der Waals surface area contributed by atoms with Gasteiger partial charge in [0.25, 0.3) is 11.8 Å². The Morgan fingerprint density at radius 2 is 1.59 bits per heavy atom. The highest BCUT2D eigenvalue weighted by molar-refractivity contribution is 7.16. The predicted molar refractivity (Wildman–Crippen MR) is 173 cm³/mol. The van der Waals surface area contributed by atoms with Crippen LogP contribution in [-0.2, 0) is 19.5 Å². The number of amides is 2. The molecule has 46 heavy (non-hydrogen) atoms. The van der Waals surface area contributed by atoms with Crippen LogP contribution in [0.2, 0.25) is 0 Å². The second-order valence-electron chi connectivity index (χ2n) is 10.8. The number of carbonyl (C=O) groups excluding carboxylic acids is 2. The summed E-state index contributed by atoms with van der Waals surface area (Å²) in [6.07, 6.45) is 0.317. The number of nitrogens with one attached hydrogen (secondary N) is 3. The molecule has 0 bridgehead atoms. The highest BCUT2D eigenvalue weighted by Crippen LogP contribution is 2.39. The summed E-state index contributed by atoms with van der Waals surface area (Å²) in [5.74, 6) is -1.03. The third-order valence-electron chi connectivity index (χ3n) is 7.84. The first-order valence-electron chi connectivity index (χ1n) is 14.4. The lowest BCUT2D eigenvalue weighted by molar-refractivity contribution is 0.0693. The van der Waals surface area contributed by atoms with E-state index < -0.39 is 17.1 Å². The van der Waals surface area contributed by atoms with Gasteiger partial charge in [-0.3, -0.25) is 29.5 Å². The summed E-state index contributed by atoms with van der Waals surface area (Å²) in [5.41, 5.74) is 4.29. The zero-order chi connectivity index (χ0) is 32.4. The number of fused-ring (bicyclic) bond motifs is 1. The first-order chi connectivity index (χ1) is 22.2. The van der Waals surface area contributed by atoms with Gasteiger partial charge in [-0.25, -0.2) is 4.79 Å². The lowest BCUT2D eigenvalue weighted by atomic mass is 9.95. The normalized spacial score (nSPS) is 14.4. The van der Waals surface area contributed by atoms with Gasteiger partial charge in [-0.05, 0) is 66.1 Å². The van der Waals surface area contributed by atoms with E-state index in [2.05, 4.69) is 21.0 Å². The molecule has 3 heterocycles. The molecular weight excluding hydrogens is 610 g/mol. The van der Waals surface area contributed by atoms with Gasteiger partial charge in [0.05, 0.1) is 12.7 Å². The van der Waals surface area contributed by atoms with Gasteiger partial charge in [-0.2, -0.15) is 4.68 Å². The molecule has 13 heteroatoms. The summed E-state index contributed by atoms with van der Waals surface area (Å²) < 4.78 is 6.06. The van der Waals surface area contributed by atoms with Crippen molar-refractivity contribution in [3.63, 3.8) is 0 Å². The SMILES string of the molecule is COc1ccc(CN2Cc3sc(Nn4c(=O)c4=O)c(C(=O)O)c3CC2CNC(=O)c2ccc(NC(=O)c3ccccc3)cc2)cc1. The molecule has 2 amide bonds. The molecule has 0 radical (unpaired) electrons. The van der Waals surface area contributed by atoms with E-state index in [-0.39, 0.29) is 35.0 Å². The van der Waals surface area contributed by atoms with Gasteiger partial charge in [-0.15, -0.1) is 11.3 Å². The fraction of sp³-hybridized carbons (Fsp3) is 0.182. The number of aromatic nitrogens is 1. The maximum absolute atomic E-state index is 13.2. The van der Waals surface area contributed by atoms with Crippen molar-refractivity contribution in [2.45, 2.75) is 25.6 Å². The molecule has 6 rings (SSSR count). The number of aromatic carboxylic acids is 1. The molecule has 3 aromatic carbocycles. The molecule has 0 spiro atoms. The van der Waals surface area contributed by atoms with Crippen molar-refractivity contribution >= 4 is 39.8 Å². The Morgan fingerprint density at radius 3 is 2.22 bits per heavy atom. The molecule has 1 atom stereocenters. The zero-order valence-electron chi connectivity index (χ0n) is 24.6. The summed E-state index contributed by atoms with van der Waals surface area (Å²) in [5, 5.41) is 16.1. The van der Waals surface area contributed by atoms with Gasteiger partial charge in [0.1, 0.15) is 10.8 Å². The van der Waals surface area contributed by atoms with Crippen LogP contribution in [0.15, 0.2) is 88.5 Å². The zero-order valence-corrected chi connectivity index (χ0v) is 25.4. The minimum Gasteiger partial charge on any atom is -0.497 e. The monoisotopic (exact) mass is 639 g/mol. The van der Waals surface area contributed by atoms with Crippen LogP contribution in [0.5, 0.6) is 5.75 Å². The van der Waals surface area contributed by atoms with Crippen LogP contribution in [0.1, 0.15) is 47.1 Å². The first-order valence-corrected chi connectivity index (χ1v) is 15.2. The molecular formula is C33H29N5O7S. The number of rotatable bonds is 11. The van der Waals surface area contributed by atoms with E-state index in [9.17, 15) is 29.1 Å². The molecule has 1 aliphatic rings. The van der Waals surface area contributed by atoms with Crippen LogP contribution in [0.3, 0.4) is 0 Å². The Morgan fingerprint density at radius 1 is 0.913 bits per heavy atom. The number of thiophene rings is 1. The van der Waals surface area contributed by atoms with E-state index >= 15 is 0 Å². The summed E-state index contributed by atoms with van der Waals surface area (Å²) in [6, 6.07) is 22.7. The van der Waals surface area contributed by atoms with Gasteiger partial charge in [0, 0.05) is 47.4 Å². The molecule has 1 aliphatic heterocycles. The number of benzene rings is 3. The third-order valence-corrected chi connectivity index (χ3v) is 8.97. The van der Waals surface area contributed by atoms with Crippen LogP contribution in [0.4, 0.5) is 10.7 Å². The van der Waals surface area contributed by atoms with Crippen molar-refractivity contribution < 1.29 is 24.2 Å². The largest absolute Gasteiger partial charge is 0.497 e. The van der Waals surface area contributed by atoms with Crippen LogP contribution < -0.4 is 31.9 Å².